The van der Waals surface area contributed by atoms with Crippen LogP contribution in [-0.4, -0.2) is 40.0 Å². The van der Waals surface area contributed by atoms with E-state index in [-0.39, 0.29) is 18.0 Å². The van der Waals surface area contributed by atoms with Gasteiger partial charge in [0, 0.05) is 37.6 Å². The zero-order valence-corrected chi connectivity index (χ0v) is 15.1. The summed E-state index contributed by atoms with van der Waals surface area (Å²) in [7, 11) is 1.78. The fraction of sp³-hybridized carbons (Fsp3) is 0.444. The summed E-state index contributed by atoms with van der Waals surface area (Å²) in [4.78, 5) is 29.9. The molecule has 2 aromatic rings. The van der Waals surface area contributed by atoms with Crippen molar-refractivity contribution in [1.82, 2.24) is 15.0 Å². The van der Waals surface area contributed by atoms with Crippen molar-refractivity contribution in [3.05, 3.63) is 30.2 Å². The Balaban J connectivity index is 2.18. The maximum Gasteiger partial charge on any atom is 0.249 e. The molecule has 0 unspecified atom stereocenters. The Bertz CT molecular complexity index is 791. The number of hydrogen-bond acceptors (Lipinski definition) is 6. The summed E-state index contributed by atoms with van der Waals surface area (Å²) in [6, 6.07) is 1.81. The molecule has 1 amide bonds. The van der Waals surface area contributed by atoms with Crippen LogP contribution in [0.15, 0.2) is 24.7 Å². The van der Waals surface area contributed by atoms with Crippen molar-refractivity contribution >= 4 is 17.4 Å². The molecule has 25 heavy (non-hydrogen) atoms. The smallest absolute Gasteiger partial charge is 0.249 e. The van der Waals surface area contributed by atoms with Crippen LogP contribution >= 0.6 is 0 Å². The number of rotatable bonds is 4. The van der Waals surface area contributed by atoms with Gasteiger partial charge in [-0.15, -0.1) is 0 Å². The number of amides is 1. The first-order valence-corrected chi connectivity index (χ1v) is 8.55. The second-order valence-electron chi connectivity index (χ2n) is 6.46. The van der Waals surface area contributed by atoms with Crippen LogP contribution in [0.2, 0.25) is 0 Å². The molecule has 0 aliphatic carbocycles. The minimum absolute atomic E-state index is 0.0756. The highest BCUT2D eigenvalue weighted by Gasteiger charge is 2.38. The molecule has 0 saturated heterocycles. The fourth-order valence-corrected chi connectivity index (χ4v) is 3.32. The lowest BCUT2D eigenvalue weighted by atomic mass is 10.0. The van der Waals surface area contributed by atoms with Crippen LogP contribution in [0.25, 0.3) is 11.4 Å². The third-order valence-electron chi connectivity index (χ3n) is 4.61. The molecule has 0 saturated carbocycles. The number of nitrogens with zero attached hydrogens (tertiary/aromatic N) is 5. The molecular weight excluding hydrogens is 316 g/mol. The lowest BCUT2D eigenvalue weighted by molar-refractivity contribution is -0.120. The van der Waals surface area contributed by atoms with E-state index in [0.717, 1.165) is 29.1 Å². The van der Waals surface area contributed by atoms with Crippen molar-refractivity contribution in [2.75, 3.05) is 16.8 Å². The average molecular weight is 340 g/mol. The Hall–Kier alpha value is -2.54. The highest BCUT2D eigenvalue weighted by molar-refractivity contribution is 6.04. The Labute approximate surface area is 147 Å². The molecule has 1 aliphatic heterocycles. The molecule has 2 aromatic heterocycles. The number of likely N-dealkylation sites (N-methyl/N-ethyl adjacent to an activating group) is 1. The van der Waals surface area contributed by atoms with Crippen LogP contribution in [0.1, 0.15) is 32.8 Å². The summed E-state index contributed by atoms with van der Waals surface area (Å²) in [5, 5.41) is 0. The monoisotopic (exact) mass is 340 g/mol. The van der Waals surface area contributed by atoms with Gasteiger partial charge in [0.05, 0.1) is 6.20 Å². The van der Waals surface area contributed by atoms with Crippen LogP contribution in [0.5, 0.6) is 0 Å². The number of nitrogens with two attached hydrogens (primary N) is 1. The molecule has 3 rings (SSSR count). The Morgan fingerprint density at radius 1 is 1.32 bits per heavy atom. The predicted molar refractivity (Wildman–Crippen MR) is 98.3 cm³/mol. The lowest BCUT2D eigenvalue weighted by Gasteiger charge is -2.42. The number of anilines is 2. The Morgan fingerprint density at radius 3 is 2.72 bits per heavy atom. The van der Waals surface area contributed by atoms with Crippen LogP contribution in [0.3, 0.4) is 0 Å². The number of carbonyl (C=O) groups excluding carboxylic acids is 1. The molecule has 0 spiro atoms. The highest BCUT2D eigenvalue weighted by Crippen LogP contribution is 2.37. The highest BCUT2D eigenvalue weighted by atomic mass is 16.2. The average Bonchev–Trinajstić information content (AvgIpc) is 2.63. The SMILES string of the molecule is CC[C@@H]1C(=O)N(C)c2cnc(-c3ccncc3CN)nc2N1C(C)C. The molecule has 1 atom stereocenters. The first-order valence-electron chi connectivity index (χ1n) is 8.55. The molecule has 0 radical (unpaired) electrons. The van der Waals surface area contributed by atoms with Gasteiger partial charge in [0.15, 0.2) is 11.6 Å². The summed E-state index contributed by atoms with van der Waals surface area (Å²) in [5.74, 6) is 1.46. The van der Waals surface area contributed by atoms with E-state index in [0.29, 0.717) is 12.4 Å². The van der Waals surface area contributed by atoms with E-state index in [1.54, 1.807) is 30.5 Å². The summed E-state index contributed by atoms with van der Waals surface area (Å²) in [6.07, 6.45) is 5.89. The zero-order valence-electron chi connectivity index (χ0n) is 15.1. The zero-order chi connectivity index (χ0) is 18.1. The van der Waals surface area contributed by atoms with Crippen LogP contribution in [0, 0.1) is 0 Å². The van der Waals surface area contributed by atoms with Gasteiger partial charge in [0.25, 0.3) is 0 Å². The van der Waals surface area contributed by atoms with Crippen LogP contribution < -0.4 is 15.5 Å². The van der Waals surface area contributed by atoms with E-state index >= 15 is 0 Å². The van der Waals surface area contributed by atoms with E-state index in [9.17, 15) is 4.79 Å². The van der Waals surface area contributed by atoms with Gasteiger partial charge in [-0.25, -0.2) is 9.97 Å². The summed E-state index contributed by atoms with van der Waals surface area (Å²) in [6.45, 7) is 6.54. The summed E-state index contributed by atoms with van der Waals surface area (Å²) < 4.78 is 0. The third kappa shape index (κ3) is 2.84. The molecular formula is C18H24N6O. The van der Waals surface area contributed by atoms with E-state index in [4.69, 9.17) is 10.7 Å². The molecule has 7 heteroatoms. The largest absolute Gasteiger partial charge is 0.340 e. The quantitative estimate of drug-likeness (QED) is 0.915. The van der Waals surface area contributed by atoms with Gasteiger partial charge >= 0.3 is 0 Å². The van der Waals surface area contributed by atoms with E-state index in [2.05, 4.69) is 28.7 Å². The van der Waals surface area contributed by atoms with Gasteiger partial charge in [-0.05, 0) is 31.9 Å². The molecule has 132 valence electrons. The number of carbonyl (C=O) groups is 1. The van der Waals surface area contributed by atoms with Crippen molar-refractivity contribution in [3.8, 4) is 11.4 Å². The van der Waals surface area contributed by atoms with Crippen LogP contribution in [-0.2, 0) is 11.3 Å². The molecule has 7 nitrogen and oxygen atoms in total. The first-order chi connectivity index (χ1) is 12.0. The van der Waals surface area contributed by atoms with Crippen molar-refractivity contribution < 1.29 is 4.79 Å². The van der Waals surface area contributed by atoms with E-state index in [1.807, 2.05) is 13.0 Å². The number of hydrogen-bond donors (Lipinski definition) is 1. The number of pyridine rings is 1. The molecule has 0 bridgehead atoms. The maximum absolute atomic E-state index is 12.7. The van der Waals surface area contributed by atoms with Crippen molar-refractivity contribution in [2.45, 2.75) is 45.8 Å². The fourth-order valence-electron chi connectivity index (χ4n) is 3.32. The lowest BCUT2D eigenvalue weighted by Crippen LogP contribution is -2.54. The van der Waals surface area contributed by atoms with Gasteiger partial charge in [-0.1, -0.05) is 6.92 Å². The molecule has 0 aromatic carbocycles. The van der Waals surface area contributed by atoms with E-state index < -0.39 is 0 Å². The normalized spacial score (nSPS) is 17.2. The molecule has 1 aliphatic rings. The minimum Gasteiger partial charge on any atom is -0.340 e. The molecule has 3 heterocycles. The third-order valence-corrected chi connectivity index (χ3v) is 4.61. The van der Waals surface area contributed by atoms with Crippen molar-refractivity contribution in [2.24, 2.45) is 5.73 Å². The topological polar surface area (TPSA) is 88.2 Å². The van der Waals surface area contributed by atoms with Gasteiger partial charge < -0.3 is 15.5 Å². The minimum atomic E-state index is -0.216. The van der Waals surface area contributed by atoms with E-state index in [1.165, 1.54) is 0 Å². The van der Waals surface area contributed by atoms with Gasteiger partial charge in [-0.3, -0.25) is 9.78 Å². The van der Waals surface area contributed by atoms with Crippen LogP contribution in [0.4, 0.5) is 11.5 Å². The Morgan fingerprint density at radius 2 is 2.08 bits per heavy atom. The van der Waals surface area contributed by atoms with Crippen molar-refractivity contribution in [1.29, 1.82) is 0 Å². The first kappa shape index (κ1) is 17.3. The predicted octanol–water partition coefficient (Wildman–Crippen LogP) is 1.97. The van der Waals surface area contributed by atoms with Gasteiger partial charge in [0.1, 0.15) is 11.7 Å². The van der Waals surface area contributed by atoms with Crippen molar-refractivity contribution in [3.63, 3.8) is 0 Å². The Kier molecular flexibility index (Phi) is 4.67. The number of fused-ring (bicyclic) bond motifs is 1. The molecule has 2 N–H and O–H groups in total. The standard InChI is InChI=1S/C18H24N6O/c1-5-14-18(25)23(4)15-10-21-16(22-17(15)24(14)11(2)3)13-6-7-20-9-12(13)8-19/h6-7,9-11,14H,5,8,19H2,1-4H3/t14-/m1/s1. The maximum atomic E-state index is 12.7. The summed E-state index contributed by atoms with van der Waals surface area (Å²) in [5.41, 5.74) is 8.32. The van der Waals surface area contributed by atoms with Gasteiger partial charge in [0.2, 0.25) is 5.91 Å². The second-order valence-corrected chi connectivity index (χ2v) is 6.46. The summed E-state index contributed by atoms with van der Waals surface area (Å²) >= 11 is 0. The second kappa shape index (κ2) is 6.76. The van der Waals surface area contributed by atoms with Gasteiger partial charge in [-0.2, -0.15) is 0 Å². The molecule has 0 fully saturated rings. The number of aromatic nitrogens is 3.